The largest absolute Gasteiger partial charge is 0.455 e. The Morgan fingerprint density at radius 1 is 0.870 bits per heavy atom. The second-order valence-electron chi connectivity index (χ2n) is 7.79. The van der Waals surface area contributed by atoms with Gasteiger partial charge in [-0.05, 0) is 76.7 Å². The van der Waals surface area contributed by atoms with Crippen molar-refractivity contribution in [2.45, 2.75) is 82.8 Å². The van der Waals surface area contributed by atoms with Crippen molar-refractivity contribution in [1.29, 1.82) is 0 Å². The van der Waals surface area contributed by atoms with Crippen LogP contribution in [0.1, 0.15) is 38.5 Å². The fourth-order valence-electron chi connectivity index (χ4n) is 2.93. The van der Waals surface area contributed by atoms with Crippen LogP contribution >= 0.6 is 0 Å². The van der Waals surface area contributed by atoms with Gasteiger partial charge in [0.1, 0.15) is 0 Å². The molecule has 4 nitrogen and oxygen atoms in total. The molecule has 0 aromatic rings. The van der Waals surface area contributed by atoms with E-state index in [-0.39, 0.29) is 9.76 Å². The lowest BCUT2D eigenvalue weighted by Gasteiger charge is -2.34. The van der Waals surface area contributed by atoms with Crippen LogP contribution in [0.3, 0.4) is 0 Å². The first-order chi connectivity index (χ1) is 10.8. The molecule has 0 aromatic carbocycles. The molecule has 1 fully saturated rings. The molecule has 1 rings (SSSR count). The molecule has 23 heavy (non-hydrogen) atoms. The van der Waals surface area contributed by atoms with Crippen LogP contribution in [0.25, 0.3) is 0 Å². The van der Waals surface area contributed by atoms with E-state index in [0.717, 1.165) is 32.5 Å². The molecular weight excluding hydrogens is 336 g/mol. The molecule has 7 heteroatoms. The minimum atomic E-state index is -1.46. The Morgan fingerprint density at radius 2 is 1.39 bits per heavy atom. The monoisotopic (exact) mass is 378 g/mol. The first kappa shape index (κ1) is 23.5. The van der Waals surface area contributed by atoms with Crippen molar-refractivity contribution in [3.63, 3.8) is 0 Å². The maximum atomic E-state index is 6.51. The third-order valence-electron chi connectivity index (χ3n) is 4.10. The third kappa shape index (κ3) is 15.7. The fraction of sp³-hybridized carbons (Fsp3) is 1.00. The second-order valence-corrected chi connectivity index (χ2v) is 18.2. The smallest absolute Gasteiger partial charge is 0.173 e. The van der Waals surface area contributed by atoms with Crippen molar-refractivity contribution in [1.82, 2.24) is 0 Å². The Bertz CT molecular complexity index is 245. The molecule has 0 spiro atoms. The summed E-state index contributed by atoms with van der Waals surface area (Å²) in [5, 5.41) is 0. The molecule has 0 unspecified atom stereocenters. The van der Waals surface area contributed by atoms with Crippen LogP contribution in [0.5, 0.6) is 0 Å². The molecule has 1 aliphatic rings. The topological polar surface area (TPSA) is 70.5 Å². The van der Waals surface area contributed by atoms with Gasteiger partial charge in [-0.15, -0.1) is 0 Å². The van der Waals surface area contributed by atoms with Gasteiger partial charge in [0.15, 0.2) is 26.4 Å². The van der Waals surface area contributed by atoms with E-state index in [4.69, 9.17) is 20.0 Å². The van der Waals surface area contributed by atoms with Crippen LogP contribution < -0.4 is 11.5 Å². The van der Waals surface area contributed by atoms with Gasteiger partial charge < -0.3 is 20.0 Å². The number of hydrogen-bond donors (Lipinski definition) is 2. The maximum Gasteiger partial charge on any atom is 0.173 e. The van der Waals surface area contributed by atoms with Crippen LogP contribution in [0.4, 0.5) is 0 Å². The Hall–Kier alpha value is 0.491. The highest BCUT2D eigenvalue weighted by atomic mass is 28.4. The molecule has 0 radical (unpaired) electrons. The van der Waals surface area contributed by atoms with Crippen molar-refractivity contribution < 1.29 is 8.54 Å². The van der Waals surface area contributed by atoms with Gasteiger partial charge in [0.2, 0.25) is 0 Å². The van der Waals surface area contributed by atoms with Gasteiger partial charge in [-0.3, -0.25) is 0 Å². The normalized spacial score (nSPS) is 17.0. The van der Waals surface area contributed by atoms with Crippen molar-refractivity contribution >= 4 is 26.4 Å². The summed E-state index contributed by atoms with van der Waals surface area (Å²) in [7, 11) is -2.91. The zero-order valence-electron chi connectivity index (χ0n) is 16.2. The van der Waals surface area contributed by atoms with Gasteiger partial charge in [-0.1, -0.05) is 19.3 Å². The molecule has 1 heterocycles. The second kappa shape index (κ2) is 13.7. The van der Waals surface area contributed by atoms with E-state index in [1.54, 1.807) is 0 Å². The zero-order chi connectivity index (χ0) is 17.6. The molecule has 1 saturated heterocycles. The van der Waals surface area contributed by atoms with E-state index in [9.17, 15) is 0 Å². The average Bonchev–Trinajstić information content (AvgIpc) is 2.49. The van der Waals surface area contributed by atoms with Crippen LogP contribution in [-0.2, 0) is 8.54 Å². The minimum absolute atomic E-state index is 0.00849. The number of unbranched alkanes of at least 4 members (excludes halogenated alkanes) is 2. The Labute approximate surface area is 149 Å². The van der Waals surface area contributed by atoms with E-state index < -0.39 is 16.6 Å². The van der Waals surface area contributed by atoms with Crippen molar-refractivity contribution in [2.75, 3.05) is 19.7 Å². The van der Waals surface area contributed by atoms with Gasteiger partial charge in [0.05, 0.1) is 0 Å². The summed E-state index contributed by atoms with van der Waals surface area (Å²) in [4.78, 5) is 0. The zero-order valence-corrected chi connectivity index (χ0v) is 19.6. The van der Waals surface area contributed by atoms with Crippen molar-refractivity contribution in [3.05, 3.63) is 0 Å². The average molecular weight is 379 g/mol. The summed E-state index contributed by atoms with van der Waals surface area (Å²) in [5.74, 6) is 0. The van der Waals surface area contributed by atoms with E-state index in [0.29, 0.717) is 0 Å². The maximum absolute atomic E-state index is 6.51. The van der Waals surface area contributed by atoms with Gasteiger partial charge in [0, 0.05) is 6.61 Å². The van der Waals surface area contributed by atoms with Gasteiger partial charge in [-0.25, -0.2) is 0 Å². The van der Waals surface area contributed by atoms with Gasteiger partial charge >= 0.3 is 0 Å². The lowest BCUT2D eigenvalue weighted by Crippen LogP contribution is -2.44. The summed E-state index contributed by atoms with van der Waals surface area (Å²) in [6, 6.07) is 3.91. The first-order valence-electron chi connectivity index (χ1n) is 9.51. The number of rotatable bonds is 10. The van der Waals surface area contributed by atoms with Crippen LogP contribution in [0.2, 0.25) is 44.3 Å². The lowest BCUT2D eigenvalue weighted by molar-refractivity contribution is 0.304. The van der Waals surface area contributed by atoms with Crippen LogP contribution in [0.15, 0.2) is 0 Å². The molecule has 1 aliphatic heterocycles. The summed E-state index contributed by atoms with van der Waals surface area (Å²) in [5.41, 5.74) is 11.1. The highest BCUT2D eigenvalue weighted by Crippen LogP contribution is 2.24. The minimum Gasteiger partial charge on any atom is -0.455 e. The summed E-state index contributed by atoms with van der Waals surface area (Å²) >= 11 is 0. The molecule has 0 amide bonds. The molecule has 0 saturated carbocycles. The molecule has 140 valence electrons. The fourth-order valence-corrected chi connectivity index (χ4v) is 13.1. The molecular formula is C16H42N2O2Si3. The van der Waals surface area contributed by atoms with E-state index in [1.807, 2.05) is 0 Å². The van der Waals surface area contributed by atoms with Gasteiger partial charge in [0.25, 0.3) is 0 Å². The first-order valence-corrected chi connectivity index (χ1v) is 17.3. The Balaban J connectivity index is 0.000000664. The third-order valence-corrected chi connectivity index (χ3v) is 13.0. The highest BCUT2D eigenvalue weighted by molar-refractivity contribution is 6.84. The highest BCUT2D eigenvalue weighted by Gasteiger charge is 2.31. The number of nitrogens with two attached hydrogens (primary N) is 2. The molecule has 0 bridgehead atoms. The van der Waals surface area contributed by atoms with E-state index >= 15 is 0 Å². The molecule has 0 atom stereocenters. The van der Waals surface area contributed by atoms with E-state index in [2.05, 4.69) is 26.2 Å². The van der Waals surface area contributed by atoms with Crippen LogP contribution in [0, 0.1) is 0 Å². The molecule has 0 aliphatic carbocycles. The summed E-state index contributed by atoms with van der Waals surface area (Å²) in [6.07, 6.45) is 7.47. The Kier molecular flexibility index (Phi) is 14.0. The van der Waals surface area contributed by atoms with Crippen LogP contribution in [-0.4, -0.2) is 46.1 Å². The summed E-state index contributed by atoms with van der Waals surface area (Å²) < 4.78 is 11.7. The SMILES string of the molecule is C1CC[SiH2]OC1.C[Si](C)(CCCCN)O[Si](C)(C)CCCCN. The van der Waals surface area contributed by atoms with Crippen molar-refractivity contribution in [2.24, 2.45) is 11.5 Å². The van der Waals surface area contributed by atoms with Crippen molar-refractivity contribution in [3.8, 4) is 0 Å². The standard InChI is InChI=1S/C12H32N2OSi2.C4H10OSi/c1-16(2,11-7-5-9-13)15-17(3,4)12-8-6-10-14;1-2-4-6-5-3-1/h5-14H2,1-4H3;1-4,6H2. The summed E-state index contributed by atoms with van der Waals surface area (Å²) in [6.45, 7) is 12.1. The van der Waals surface area contributed by atoms with Gasteiger partial charge in [-0.2, -0.15) is 0 Å². The predicted octanol–water partition coefficient (Wildman–Crippen LogP) is 3.19. The van der Waals surface area contributed by atoms with E-state index in [1.165, 1.54) is 43.8 Å². The molecule has 4 N–H and O–H groups in total. The molecule has 0 aromatic heterocycles. The lowest BCUT2D eigenvalue weighted by atomic mass is 10.3. The predicted molar refractivity (Wildman–Crippen MR) is 111 cm³/mol. The quantitative estimate of drug-likeness (QED) is 0.452. The Morgan fingerprint density at radius 3 is 1.65 bits per heavy atom. The number of hydrogen-bond acceptors (Lipinski definition) is 4.